The zero-order chi connectivity index (χ0) is 15.6. The van der Waals surface area contributed by atoms with E-state index in [1.807, 2.05) is 6.92 Å². The SMILES string of the molecule is CCCc1nc(NC)c(C)c(-c2cc(F)c(F)c(F)c2)n1. The van der Waals surface area contributed by atoms with Crippen LogP contribution in [0.25, 0.3) is 11.3 Å². The van der Waals surface area contributed by atoms with Gasteiger partial charge in [-0.25, -0.2) is 23.1 Å². The Labute approximate surface area is 121 Å². The molecule has 1 heterocycles. The van der Waals surface area contributed by atoms with Crippen molar-refractivity contribution in [1.29, 1.82) is 0 Å². The molecular formula is C15H16F3N3. The van der Waals surface area contributed by atoms with E-state index in [4.69, 9.17) is 0 Å². The highest BCUT2D eigenvalue weighted by atomic mass is 19.2. The standard InChI is InChI=1S/C15H16F3N3/c1-4-5-12-20-14(8(2)15(19-3)21-12)9-6-10(16)13(18)11(17)7-9/h6-7H,4-5H2,1-3H3,(H,19,20,21). The molecular weight excluding hydrogens is 279 g/mol. The van der Waals surface area contributed by atoms with Gasteiger partial charge >= 0.3 is 0 Å². The Kier molecular flexibility index (Phi) is 4.45. The van der Waals surface area contributed by atoms with E-state index >= 15 is 0 Å². The molecule has 3 nitrogen and oxygen atoms in total. The van der Waals surface area contributed by atoms with Gasteiger partial charge < -0.3 is 5.32 Å². The van der Waals surface area contributed by atoms with E-state index in [1.54, 1.807) is 14.0 Å². The number of benzene rings is 1. The third kappa shape index (κ3) is 2.99. The van der Waals surface area contributed by atoms with E-state index in [-0.39, 0.29) is 5.56 Å². The van der Waals surface area contributed by atoms with Crippen molar-refractivity contribution in [2.75, 3.05) is 12.4 Å². The number of anilines is 1. The Balaban J connectivity index is 2.64. The van der Waals surface area contributed by atoms with E-state index in [0.717, 1.165) is 18.6 Å². The van der Waals surface area contributed by atoms with Gasteiger partial charge in [0, 0.05) is 24.6 Å². The molecule has 0 aliphatic heterocycles. The van der Waals surface area contributed by atoms with E-state index in [1.165, 1.54) is 0 Å². The molecule has 1 aromatic carbocycles. The Morgan fingerprint density at radius 3 is 2.24 bits per heavy atom. The van der Waals surface area contributed by atoms with Gasteiger partial charge in [-0.05, 0) is 25.5 Å². The summed E-state index contributed by atoms with van der Waals surface area (Å²) in [7, 11) is 1.71. The first-order valence-corrected chi connectivity index (χ1v) is 6.68. The molecule has 0 saturated carbocycles. The number of hydrogen-bond donors (Lipinski definition) is 1. The molecule has 0 saturated heterocycles. The number of rotatable bonds is 4. The third-order valence-electron chi connectivity index (χ3n) is 3.16. The summed E-state index contributed by atoms with van der Waals surface area (Å²) in [5.74, 6) is -2.77. The lowest BCUT2D eigenvalue weighted by atomic mass is 10.1. The average Bonchev–Trinajstić information content (AvgIpc) is 2.46. The number of nitrogens with zero attached hydrogens (tertiary/aromatic N) is 2. The molecule has 112 valence electrons. The summed E-state index contributed by atoms with van der Waals surface area (Å²) in [5, 5.41) is 2.93. The molecule has 0 spiro atoms. The monoisotopic (exact) mass is 295 g/mol. The van der Waals surface area contributed by atoms with Crippen LogP contribution in [-0.2, 0) is 6.42 Å². The minimum Gasteiger partial charge on any atom is -0.373 e. The Morgan fingerprint density at radius 2 is 1.71 bits per heavy atom. The lowest BCUT2D eigenvalue weighted by molar-refractivity contribution is 0.447. The van der Waals surface area contributed by atoms with Crippen LogP contribution in [0, 0.1) is 24.4 Å². The predicted octanol–water partition coefficient (Wildman–Crippen LogP) is 3.86. The van der Waals surface area contributed by atoms with Gasteiger partial charge in [0.2, 0.25) is 0 Å². The van der Waals surface area contributed by atoms with E-state index < -0.39 is 17.5 Å². The third-order valence-corrected chi connectivity index (χ3v) is 3.16. The zero-order valence-corrected chi connectivity index (χ0v) is 12.1. The molecule has 0 bridgehead atoms. The van der Waals surface area contributed by atoms with Crippen molar-refractivity contribution in [3.05, 3.63) is 41.0 Å². The Bertz CT molecular complexity index is 648. The van der Waals surface area contributed by atoms with Gasteiger partial charge in [-0.3, -0.25) is 0 Å². The summed E-state index contributed by atoms with van der Waals surface area (Å²) in [6.45, 7) is 3.73. The molecule has 0 fully saturated rings. The molecule has 0 aliphatic rings. The van der Waals surface area contributed by atoms with E-state index in [9.17, 15) is 13.2 Å². The van der Waals surface area contributed by atoms with Gasteiger partial charge in [0.05, 0.1) is 5.69 Å². The molecule has 0 radical (unpaired) electrons. The normalized spacial score (nSPS) is 10.8. The highest BCUT2D eigenvalue weighted by Gasteiger charge is 2.16. The molecule has 0 amide bonds. The number of halogens is 3. The predicted molar refractivity (Wildman–Crippen MR) is 75.6 cm³/mol. The molecule has 0 unspecified atom stereocenters. The molecule has 2 aromatic rings. The van der Waals surface area contributed by atoms with Crippen LogP contribution in [0.3, 0.4) is 0 Å². The van der Waals surface area contributed by atoms with Crippen molar-refractivity contribution in [1.82, 2.24) is 9.97 Å². The number of aryl methyl sites for hydroxylation is 1. The Morgan fingerprint density at radius 1 is 1.10 bits per heavy atom. The number of nitrogens with one attached hydrogen (secondary N) is 1. The van der Waals surface area contributed by atoms with Crippen LogP contribution in [0.5, 0.6) is 0 Å². The van der Waals surface area contributed by atoms with E-state index in [2.05, 4.69) is 15.3 Å². The molecule has 1 N–H and O–H groups in total. The van der Waals surface area contributed by atoms with Crippen LogP contribution in [0.1, 0.15) is 24.7 Å². The van der Waals surface area contributed by atoms with Gasteiger partial charge in [-0.2, -0.15) is 0 Å². The van der Waals surface area contributed by atoms with Crippen LogP contribution < -0.4 is 5.32 Å². The first kappa shape index (κ1) is 15.3. The summed E-state index contributed by atoms with van der Waals surface area (Å²) in [6.07, 6.45) is 1.49. The van der Waals surface area contributed by atoms with Crippen LogP contribution in [0.15, 0.2) is 12.1 Å². The van der Waals surface area contributed by atoms with Gasteiger partial charge in [0.25, 0.3) is 0 Å². The van der Waals surface area contributed by atoms with Crippen LogP contribution >= 0.6 is 0 Å². The maximum atomic E-state index is 13.4. The molecule has 0 aliphatic carbocycles. The van der Waals surface area contributed by atoms with Crippen molar-refractivity contribution < 1.29 is 13.2 Å². The maximum absolute atomic E-state index is 13.4. The van der Waals surface area contributed by atoms with Crippen molar-refractivity contribution in [2.24, 2.45) is 0 Å². The average molecular weight is 295 g/mol. The van der Waals surface area contributed by atoms with Gasteiger partial charge in [-0.1, -0.05) is 6.92 Å². The molecule has 0 atom stereocenters. The van der Waals surface area contributed by atoms with E-state index in [0.29, 0.717) is 29.3 Å². The quantitative estimate of drug-likeness (QED) is 0.870. The molecule has 21 heavy (non-hydrogen) atoms. The first-order valence-electron chi connectivity index (χ1n) is 6.68. The lowest BCUT2D eigenvalue weighted by Crippen LogP contribution is -2.06. The zero-order valence-electron chi connectivity index (χ0n) is 12.1. The number of aromatic nitrogens is 2. The summed E-state index contributed by atoms with van der Waals surface area (Å²) in [4.78, 5) is 8.69. The van der Waals surface area contributed by atoms with Crippen LogP contribution in [0.4, 0.5) is 19.0 Å². The second-order valence-electron chi connectivity index (χ2n) is 4.72. The largest absolute Gasteiger partial charge is 0.373 e. The van der Waals surface area contributed by atoms with Gasteiger partial charge in [-0.15, -0.1) is 0 Å². The van der Waals surface area contributed by atoms with Crippen molar-refractivity contribution in [3.8, 4) is 11.3 Å². The van der Waals surface area contributed by atoms with Crippen molar-refractivity contribution in [3.63, 3.8) is 0 Å². The van der Waals surface area contributed by atoms with Gasteiger partial charge in [0.15, 0.2) is 17.5 Å². The molecule has 6 heteroatoms. The van der Waals surface area contributed by atoms with Crippen LogP contribution in [-0.4, -0.2) is 17.0 Å². The summed E-state index contributed by atoms with van der Waals surface area (Å²) in [5.41, 5.74) is 1.25. The molecule has 1 aromatic heterocycles. The smallest absolute Gasteiger partial charge is 0.194 e. The fraction of sp³-hybridized carbons (Fsp3) is 0.333. The Hall–Kier alpha value is -2.11. The number of hydrogen-bond acceptors (Lipinski definition) is 3. The highest BCUT2D eigenvalue weighted by Crippen LogP contribution is 2.28. The summed E-state index contributed by atoms with van der Waals surface area (Å²) < 4.78 is 39.9. The molecule has 2 rings (SSSR count). The topological polar surface area (TPSA) is 37.8 Å². The highest BCUT2D eigenvalue weighted by molar-refractivity contribution is 5.68. The summed E-state index contributed by atoms with van der Waals surface area (Å²) >= 11 is 0. The second-order valence-corrected chi connectivity index (χ2v) is 4.72. The van der Waals surface area contributed by atoms with Crippen LogP contribution in [0.2, 0.25) is 0 Å². The summed E-state index contributed by atoms with van der Waals surface area (Å²) in [6, 6.07) is 1.89. The van der Waals surface area contributed by atoms with Crippen molar-refractivity contribution in [2.45, 2.75) is 26.7 Å². The maximum Gasteiger partial charge on any atom is 0.194 e. The first-order chi connectivity index (χ1) is 9.97. The minimum absolute atomic E-state index is 0.195. The van der Waals surface area contributed by atoms with Crippen molar-refractivity contribution >= 4 is 5.82 Å². The minimum atomic E-state index is -1.48. The fourth-order valence-corrected chi connectivity index (χ4v) is 2.12. The van der Waals surface area contributed by atoms with Gasteiger partial charge in [0.1, 0.15) is 11.6 Å². The second kappa shape index (κ2) is 6.11. The lowest BCUT2D eigenvalue weighted by Gasteiger charge is -2.12. The fourth-order valence-electron chi connectivity index (χ4n) is 2.12.